The number of hydrazone groups is 1. The van der Waals surface area contributed by atoms with E-state index < -0.39 is 11.7 Å². The third kappa shape index (κ3) is 5.71. The fourth-order valence-corrected chi connectivity index (χ4v) is 1.87. The van der Waals surface area contributed by atoms with Crippen molar-refractivity contribution in [2.75, 3.05) is 0 Å². The van der Waals surface area contributed by atoms with Crippen LogP contribution in [-0.2, 0) is 12.7 Å². The number of hydrogen-bond donors (Lipinski definition) is 2. The smallest absolute Gasteiger partial charge is 0.357 e. The molecule has 7 heteroatoms. The minimum Gasteiger partial charge on any atom is -0.357 e. The standard InChI is InChI=1S/C16H14F3N3S/c17-16(18,19)14-8-6-13(7-9-14)11-21-22-15(23)20-10-12-4-2-1-3-5-12/h1-9,11H,10H2,(H2,20,22,23)/b21-11-. The minimum absolute atomic E-state index is 0.331. The summed E-state index contributed by atoms with van der Waals surface area (Å²) in [5.41, 5.74) is 3.53. The summed E-state index contributed by atoms with van der Waals surface area (Å²) >= 11 is 5.05. The lowest BCUT2D eigenvalue weighted by Crippen LogP contribution is -2.31. The summed E-state index contributed by atoms with van der Waals surface area (Å²) in [5.74, 6) is 0. The Kier molecular flexibility index (Phi) is 5.70. The Bertz CT molecular complexity index is 667. The van der Waals surface area contributed by atoms with E-state index in [0.29, 0.717) is 17.2 Å². The maximum atomic E-state index is 12.4. The number of hydrogen-bond acceptors (Lipinski definition) is 2. The number of halogens is 3. The zero-order valence-electron chi connectivity index (χ0n) is 12.0. The molecule has 0 radical (unpaired) electrons. The highest BCUT2D eigenvalue weighted by Crippen LogP contribution is 2.28. The van der Waals surface area contributed by atoms with Gasteiger partial charge in [0.2, 0.25) is 0 Å². The van der Waals surface area contributed by atoms with Gasteiger partial charge in [0.25, 0.3) is 0 Å². The van der Waals surface area contributed by atoms with Gasteiger partial charge < -0.3 is 5.32 Å². The van der Waals surface area contributed by atoms with Crippen molar-refractivity contribution in [3.05, 3.63) is 71.3 Å². The van der Waals surface area contributed by atoms with Crippen LogP contribution >= 0.6 is 12.2 Å². The first-order valence-corrected chi connectivity index (χ1v) is 7.14. The number of benzene rings is 2. The summed E-state index contributed by atoms with van der Waals surface area (Å²) in [4.78, 5) is 0. The molecule has 0 saturated carbocycles. The average molecular weight is 337 g/mol. The molecule has 0 heterocycles. The molecule has 2 N–H and O–H groups in total. The number of alkyl halides is 3. The Morgan fingerprint density at radius 3 is 2.30 bits per heavy atom. The summed E-state index contributed by atoms with van der Waals surface area (Å²) in [5, 5.41) is 7.19. The molecule has 3 nitrogen and oxygen atoms in total. The van der Waals surface area contributed by atoms with E-state index in [1.165, 1.54) is 18.3 Å². The lowest BCUT2D eigenvalue weighted by molar-refractivity contribution is -0.137. The number of nitrogens with one attached hydrogen (secondary N) is 2. The fraction of sp³-hybridized carbons (Fsp3) is 0.125. The van der Waals surface area contributed by atoms with Gasteiger partial charge in [0.1, 0.15) is 0 Å². The van der Waals surface area contributed by atoms with E-state index in [2.05, 4.69) is 15.8 Å². The molecule has 0 aromatic heterocycles. The van der Waals surface area contributed by atoms with Crippen molar-refractivity contribution >= 4 is 23.5 Å². The van der Waals surface area contributed by atoms with E-state index in [1.54, 1.807) is 0 Å². The third-order valence-corrected chi connectivity index (χ3v) is 3.15. The Hall–Kier alpha value is -2.41. The van der Waals surface area contributed by atoms with E-state index >= 15 is 0 Å². The van der Waals surface area contributed by atoms with E-state index in [1.807, 2.05) is 30.3 Å². The zero-order chi connectivity index (χ0) is 16.7. The van der Waals surface area contributed by atoms with Crippen molar-refractivity contribution in [1.82, 2.24) is 10.7 Å². The lowest BCUT2D eigenvalue weighted by atomic mass is 10.1. The van der Waals surface area contributed by atoms with E-state index in [4.69, 9.17) is 12.2 Å². The van der Waals surface area contributed by atoms with Gasteiger partial charge in [-0.3, -0.25) is 5.43 Å². The van der Waals surface area contributed by atoms with E-state index in [0.717, 1.165) is 17.7 Å². The van der Waals surface area contributed by atoms with Crippen LogP contribution in [0.4, 0.5) is 13.2 Å². The summed E-state index contributed by atoms with van der Waals surface area (Å²) in [6, 6.07) is 14.4. The summed E-state index contributed by atoms with van der Waals surface area (Å²) < 4.78 is 37.3. The van der Waals surface area contributed by atoms with Crippen LogP contribution in [0.5, 0.6) is 0 Å². The van der Waals surface area contributed by atoms with Crippen molar-refractivity contribution in [3.63, 3.8) is 0 Å². The van der Waals surface area contributed by atoms with Gasteiger partial charge in [-0.15, -0.1) is 0 Å². The summed E-state index contributed by atoms with van der Waals surface area (Å²) in [6.45, 7) is 0.558. The van der Waals surface area contributed by atoms with Crippen molar-refractivity contribution < 1.29 is 13.2 Å². The SMILES string of the molecule is FC(F)(F)c1ccc(/C=N\NC(=S)NCc2ccccc2)cc1. The predicted molar refractivity (Wildman–Crippen MR) is 88.1 cm³/mol. The van der Waals surface area contributed by atoms with Crippen LogP contribution in [0.15, 0.2) is 59.7 Å². The van der Waals surface area contributed by atoms with E-state index in [9.17, 15) is 13.2 Å². The van der Waals surface area contributed by atoms with Gasteiger partial charge in [-0.2, -0.15) is 18.3 Å². The molecule has 0 saturated heterocycles. The van der Waals surface area contributed by atoms with Crippen LogP contribution < -0.4 is 10.7 Å². The molecule has 0 aliphatic heterocycles. The van der Waals surface area contributed by atoms with Gasteiger partial charge in [-0.05, 0) is 35.5 Å². The highest BCUT2D eigenvalue weighted by Gasteiger charge is 2.29. The Balaban J connectivity index is 1.80. The Labute approximate surface area is 137 Å². The molecular formula is C16H14F3N3S. The highest BCUT2D eigenvalue weighted by molar-refractivity contribution is 7.80. The molecule has 0 atom stereocenters. The van der Waals surface area contributed by atoms with Gasteiger partial charge in [0, 0.05) is 6.54 Å². The normalized spacial score (nSPS) is 11.4. The van der Waals surface area contributed by atoms with Crippen LogP contribution in [0.3, 0.4) is 0 Å². The van der Waals surface area contributed by atoms with Crippen LogP contribution in [0, 0.1) is 0 Å². The lowest BCUT2D eigenvalue weighted by Gasteiger charge is -2.07. The van der Waals surface area contributed by atoms with Crippen molar-refractivity contribution in [3.8, 4) is 0 Å². The molecule has 2 rings (SSSR count). The molecule has 0 amide bonds. The van der Waals surface area contributed by atoms with Crippen LogP contribution in [0.25, 0.3) is 0 Å². The van der Waals surface area contributed by atoms with Crippen molar-refractivity contribution in [1.29, 1.82) is 0 Å². The molecule has 2 aromatic carbocycles. The molecule has 0 spiro atoms. The molecule has 23 heavy (non-hydrogen) atoms. The molecule has 0 aliphatic carbocycles. The first-order valence-electron chi connectivity index (χ1n) is 6.73. The number of nitrogens with zero attached hydrogens (tertiary/aromatic N) is 1. The van der Waals surface area contributed by atoms with Gasteiger partial charge in [0.15, 0.2) is 5.11 Å². The minimum atomic E-state index is -4.34. The second kappa shape index (κ2) is 7.73. The third-order valence-electron chi connectivity index (χ3n) is 2.91. The maximum absolute atomic E-state index is 12.4. The molecule has 0 unspecified atom stereocenters. The van der Waals surface area contributed by atoms with Crippen LogP contribution in [0.2, 0.25) is 0 Å². The molecule has 0 aliphatic rings. The average Bonchev–Trinajstić information content (AvgIpc) is 2.53. The molecule has 0 fully saturated rings. The molecule has 0 bridgehead atoms. The zero-order valence-corrected chi connectivity index (χ0v) is 12.8. The van der Waals surface area contributed by atoms with E-state index in [-0.39, 0.29) is 0 Å². The maximum Gasteiger partial charge on any atom is 0.416 e. The van der Waals surface area contributed by atoms with Crippen molar-refractivity contribution in [2.45, 2.75) is 12.7 Å². The van der Waals surface area contributed by atoms with Gasteiger partial charge in [-0.1, -0.05) is 42.5 Å². The predicted octanol–water partition coefficient (Wildman–Crippen LogP) is 3.70. The van der Waals surface area contributed by atoms with Crippen LogP contribution in [-0.4, -0.2) is 11.3 Å². The number of rotatable bonds is 4. The second-order valence-corrected chi connectivity index (χ2v) is 5.07. The highest BCUT2D eigenvalue weighted by atomic mass is 32.1. The first-order chi connectivity index (χ1) is 10.9. The Morgan fingerprint density at radius 1 is 1.04 bits per heavy atom. The van der Waals surface area contributed by atoms with Gasteiger partial charge in [-0.25, -0.2) is 0 Å². The number of thiocarbonyl (C=S) groups is 1. The summed E-state index contributed by atoms with van der Waals surface area (Å²) in [7, 11) is 0. The molecular weight excluding hydrogens is 323 g/mol. The fourth-order valence-electron chi connectivity index (χ4n) is 1.74. The molecule has 120 valence electrons. The first kappa shape index (κ1) is 17.0. The topological polar surface area (TPSA) is 36.4 Å². The monoisotopic (exact) mass is 337 g/mol. The summed E-state index contributed by atoms with van der Waals surface area (Å²) in [6.07, 6.45) is -2.94. The van der Waals surface area contributed by atoms with Gasteiger partial charge >= 0.3 is 6.18 Å². The van der Waals surface area contributed by atoms with Crippen molar-refractivity contribution in [2.24, 2.45) is 5.10 Å². The molecule has 2 aromatic rings. The largest absolute Gasteiger partial charge is 0.416 e. The second-order valence-electron chi connectivity index (χ2n) is 4.66. The van der Waals surface area contributed by atoms with Crippen LogP contribution in [0.1, 0.15) is 16.7 Å². The van der Waals surface area contributed by atoms with Gasteiger partial charge in [0.05, 0.1) is 11.8 Å². The Morgan fingerprint density at radius 2 is 1.70 bits per heavy atom. The quantitative estimate of drug-likeness (QED) is 0.507.